The molecule has 126 valence electrons. The van der Waals surface area contributed by atoms with E-state index in [1.807, 2.05) is 6.92 Å². The second-order valence-corrected chi connectivity index (χ2v) is 8.25. The minimum Gasteiger partial charge on any atom is -0.312 e. The molecule has 1 heterocycles. The summed E-state index contributed by atoms with van der Waals surface area (Å²) in [5.41, 5.74) is 2.10. The van der Waals surface area contributed by atoms with Gasteiger partial charge in [0.2, 0.25) is 5.91 Å². The van der Waals surface area contributed by atoms with Crippen LogP contribution in [0.4, 0.5) is 11.4 Å². The number of carbonyl (C=O) groups excluding carboxylic acids is 1. The third kappa shape index (κ3) is 3.47. The molecule has 1 aliphatic heterocycles. The zero-order chi connectivity index (χ0) is 17.3. The lowest BCUT2D eigenvalue weighted by Crippen LogP contribution is -2.23. The molecule has 1 fully saturated rings. The van der Waals surface area contributed by atoms with Crippen LogP contribution in [0.2, 0.25) is 0 Å². The zero-order valence-electron chi connectivity index (χ0n) is 13.1. The van der Waals surface area contributed by atoms with E-state index in [2.05, 4.69) is 20.7 Å². The van der Waals surface area contributed by atoms with Gasteiger partial charge in [-0.25, -0.2) is 8.42 Å². The Morgan fingerprint density at radius 1 is 1.12 bits per heavy atom. The molecule has 0 radical (unpaired) electrons. The minimum absolute atomic E-state index is 0.105. The summed E-state index contributed by atoms with van der Waals surface area (Å²) >= 11 is 3.36. The van der Waals surface area contributed by atoms with Crippen molar-refractivity contribution in [3.8, 4) is 0 Å². The molecule has 1 saturated heterocycles. The highest BCUT2D eigenvalue weighted by Crippen LogP contribution is 2.25. The fraction of sp³-hybridized carbons (Fsp3) is 0.235. The molecule has 0 unspecified atom stereocenters. The molecular formula is C17H17BrN2O3S. The zero-order valence-corrected chi connectivity index (χ0v) is 15.5. The molecule has 0 spiro atoms. The maximum Gasteiger partial charge on any atom is 0.261 e. The van der Waals surface area contributed by atoms with E-state index < -0.39 is 10.0 Å². The second kappa shape index (κ2) is 6.57. The van der Waals surface area contributed by atoms with Crippen LogP contribution in [0.5, 0.6) is 0 Å². The van der Waals surface area contributed by atoms with Crippen molar-refractivity contribution in [2.24, 2.45) is 0 Å². The standard InChI is InChI=1S/C17H17BrN2O3S/c1-12-11-15(8-9-16(12)18)24(22,23)19-13-4-6-14(7-5-13)20-10-2-3-17(20)21/h4-9,11,19H,2-3,10H2,1H3. The van der Waals surface area contributed by atoms with Gasteiger partial charge in [-0.05, 0) is 61.4 Å². The summed E-state index contributed by atoms with van der Waals surface area (Å²) in [4.78, 5) is 13.7. The normalized spacial score (nSPS) is 14.9. The van der Waals surface area contributed by atoms with Gasteiger partial charge in [0.15, 0.2) is 0 Å². The van der Waals surface area contributed by atoms with Crippen molar-refractivity contribution in [1.82, 2.24) is 0 Å². The smallest absolute Gasteiger partial charge is 0.261 e. The van der Waals surface area contributed by atoms with Crippen LogP contribution in [0.3, 0.4) is 0 Å². The lowest BCUT2D eigenvalue weighted by Gasteiger charge is -2.16. The van der Waals surface area contributed by atoms with E-state index in [4.69, 9.17) is 0 Å². The lowest BCUT2D eigenvalue weighted by atomic mass is 10.2. The molecule has 2 aromatic carbocycles. The van der Waals surface area contributed by atoms with Gasteiger partial charge in [-0.3, -0.25) is 9.52 Å². The van der Waals surface area contributed by atoms with Crippen molar-refractivity contribution in [3.05, 3.63) is 52.5 Å². The third-order valence-corrected chi connectivity index (χ3v) is 6.21. The quantitative estimate of drug-likeness (QED) is 0.838. The van der Waals surface area contributed by atoms with Crippen molar-refractivity contribution in [1.29, 1.82) is 0 Å². The van der Waals surface area contributed by atoms with E-state index in [1.165, 1.54) is 0 Å². The number of halogens is 1. The first-order valence-electron chi connectivity index (χ1n) is 7.56. The Kier molecular flexibility index (Phi) is 4.64. The monoisotopic (exact) mass is 408 g/mol. The van der Waals surface area contributed by atoms with E-state index in [0.29, 0.717) is 18.7 Å². The summed E-state index contributed by atoms with van der Waals surface area (Å²) < 4.78 is 28.4. The van der Waals surface area contributed by atoms with Crippen LogP contribution >= 0.6 is 15.9 Å². The molecule has 0 saturated carbocycles. The number of hydrogen-bond donors (Lipinski definition) is 1. The van der Waals surface area contributed by atoms with Crippen LogP contribution in [0.25, 0.3) is 0 Å². The molecule has 0 aliphatic carbocycles. The Hall–Kier alpha value is -1.86. The summed E-state index contributed by atoms with van der Waals surface area (Å²) in [7, 11) is -3.65. The van der Waals surface area contributed by atoms with E-state index in [0.717, 1.165) is 22.1 Å². The van der Waals surface area contributed by atoms with Crippen LogP contribution in [-0.4, -0.2) is 20.9 Å². The number of carbonyl (C=O) groups is 1. The van der Waals surface area contributed by atoms with Crippen LogP contribution < -0.4 is 9.62 Å². The lowest BCUT2D eigenvalue weighted by molar-refractivity contribution is -0.117. The van der Waals surface area contributed by atoms with Crippen molar-refractivity contribution >= 4 is 43.2 Å². The van der Waals surface area contributed by atoms with E-state index in [1.54, 1.807) is 47.4 Å². The number of sulfonamides is 1. The Morgan fingerprint density at radius 2 is 1.83 bits per heavy atom. The Morgan fingerprint density at radius 3 is 2.42 bits per heavy atom. The first-order chi connectivity index (χ1) is 11.4. The average molecular weight is 409 g/mol. The van der Waals surface area contributed by atoms with Crippen molar-refractivity contribution in [3.63, 3.8) is 0 Å². The van der Waals surface area contributed by atoms with E-state index >= 15 is 0 Å². The molecule has 0 aromatic heterocycles. The maximum absolute atomic E-state index is 12.5. The summed E-state index contributed by atoms with van der Waals surface area (Å²) in [6.45, 7) is 2.55. The second-order valence-electron chi connectivity index (χ2n) is 5.71. The van der Waals surface area contributed by atoms with Gasteiger partial charge in [-0.1, -0.05) is 15.9 Å². The van der Waals surface area contributed by atoms with Gasteiger partial charge in [0.1, 0.15) is 0 Å². The summed E-state index contributed by atoms with van der Waals surface area (Å²) in [6.07, 6.45) is 1.42. The van der Waals surface area contributed by atoms with E-state index in [-0.39, 0.29) is 10.8 Å². The minimum atomic E-state index is -3.65. The highest BCUT2D eigenvalue weighted by Gasteiger charge is 2.21. The number of nitrogens with one attached hydrogen (secondary N) is 1. The predicted molar refractivity (Wildman–Crippen MR) is 97.7 cm³/mol. The number of benzene rings is 2. The number of nitrogens with zero attached hydrogens (tertiary/aromatic N) is 1. The average Bonchev–Trinajstić information content (AvgIpc) is 2.96. The van der Waals surface area contributed by atoms with Crippen LogP contribution in [0.15, 0.2) is 51.8 Å². The van der Waals surface area contributed by atoms with Gasteiger partial charge < -0.3 is 4.90 Å². The molecule has 0 atom stereocenters. The SMILES string of the molecule is Cc1cc(S(=O)(=O)Nc2ccc(N3CCCC3=O)cc2)ccc1Br. The molecule has 0 bridgehead atoms. The number of hydrogen-bond acceptors (Lipinski definition) is 3. The summed E-state index contributed by atoms with van der Waals surface area (Å²) in [6, 6.07) is 11.7. The third-order valence-electron chi connectivity index (χ3n) is 3.94. The number of rotatable bonds is 4. The van der Waals surface area contributed by atoms with Gasteiger partial charge in [0.25, 0.3) is 10.0 Å². The number of amides is 1. The van der Waals surface area contributed by atoms with Crippen molar-refractivity contribution < 1.29 is 13.2 Å². The van der Waals surface area contributed by atoms with Crippen molar-refractivity contribution in [2.45, 2.75) is 24.7 Å². The summed E-state index contributed by atoms with van der Waals surface area (Å²) in [5.74, 6) is 0.105. The Bertz CT molecular complexity index is 879. The fourth-order valence-electron chi connectivity index (χ4n) is 2.63. The molecule has 7 heteroatoms. The van der Waals surface area contributed by atoms with Crippen LogP contribution in [0.1, 0.15) is 18.4 Å². The highest BCUT2D eigenvalue weighted by atomic mass is 79.9. The molecule has 1 aliphatic rings. The van der Waals surface area contributed by atoms with Crippen LogP contribution in [-0.2, 0) is 14.8 Å². The van der Waals surface area contributed by atoms with Crippen LogP contribution in [0, 0.1) is 6.92 Å². The van der Waals surface area contributed by atoms with Gasteiger partial charge in [-0.15, -0.1) is 0 Å². The molecule has 1 amide bonds. The predicted octanol–water partition coefficient (Wildman–Crippen LogP) is 3.69. The van der Waals surface area contributed by atoms with E-state index in [9.17, 15) is 13.2 Å². The largest absolute Gasteiger partial charge is 0.312 e. The molecule has 1 N–H and O–H groups in total. The molecule has 2 aromatic rings. The molecular weight excluding hydrogens is 392 g/mol. The highest BCUT2D eigenvalue weighted by molar-refractivity contribution is 9.10. The maximum atomic E-state index is 12.5. The first-order valence-corrected chi connectivity index (χ1v) is 9.84. The number of anilines is 2. The topological polar surface area (TPSA) is 66.5 Å². The summed E-state index contributed by atoms with van der Waals surface area (Å²) in [5, 5.41) is 0. The fourth-order valence-corrected chi connectivity index (χ4v) is 4.02. The Balaban J connectivity index is 1.80. The molecule has 24 heavy (non-hydrogen) atoms. The van der Waals surface area contributed by atoms with Gasteiger partial charge in [-0.2, -0.15) is 0 Å². The molecule has 3 rings (SSSR count). The first kappa shape index (κ1) is 17.0. The van der Waals surface area contributed by atoms with Crippen molar-refractivity contribution in [2.75, 3.05) is 16.2 Å². The molecule has 5 nitrogen and oxygen atoms in total. The Labute approximate surface area is 149 Å². The van der Waals surface area contributed by atoms with Gasteiger partial charge in [0, 0.05) is 28.8 Å². The number of aryl methyl sites for hydroxylation is 1. The van der Waals surface area contributed by atoms with Gasteiger partial charge in [0.05, 0.1) is 4.90 Å². The van der Waals surface area contributed by atoms with Gasteiger partial charge >= 0.3 is 0 Å².